The standard InChI is InChI=1S/C22H38N4O2/c1-3-6-19(9-12-27)16-24-22(23-4-2)25-17-20-7-5-8-21(15-20)18-26-10-13-28-14-11-26/h5,7-8,15,19,27H,3-4,6,9-14,16-18H2,1-2H3,(H2,23,24,25). The molecule has 1 saturated heterocycles. The van der Waals surface area contributed by atoms with Crippen LogP contribution in [0.25, 0.3) is 0 Å². The van der Waals surface area contributed by atoms with Gasteiger partial charge in [-0.25, -0.2) is 4.99 Å². The highest BCUT2D eigenvalue weighted by Crippen LogP contribution is 2.11. The molecule has 1 fully saturated rings. The molecule has 1 atom stereocenters. The maximum absolute atomic E-state index is 9.24. The summed E-state index contributed by atoms with van der Waals surface area (Å²) < 4.78 is 5.43. The summed E-state index contributed by atoms with van der Waals surface area (Å²) in [5.74, 6) is 1.33. The molecule has 0 radical (unpaired) electrons. The maximum Gasteiger partial charge on any atom is 0.191 e. The molecule has 1 heterocycles. The summed E-state index contributed by atoms with van der Waals surface area (Å²) >= 11 is 0. The van der Waals surface area contributed by atoms with E-state index in [0.717, 1.165) is 71.2 Å². The van der Waals surface area contributed by atoms with Gasteiger partial charge < -0.3 is 20.5 Å². The molecule has 1 aromatic carbocycles. The molecule has 6 heteroatoms. The summed E-state index contributed by atoms with van der Waals surface area (Å²) in [7, 11) is 0. The van der Waals surface area contributed by atoms with Crippen LogP contribution in [0.2, 0.25) is 0 Å². The molecule has 0 amide bonds. The van der Waals surface area contributed by atoms with Crippen LogP contribution in [0.1, 0.15) is 44.2 Å². The minimum Gasteiger partial charge on any atom is -0.396 e. The Bertz CT molecular complexity index is 567. The first-order valence-corrected chi connectivity index (χ1v) is 10.8. The van der Waals surface area contributed by atoms with Crippen molar-refractivity contribution in [2.24, 2.45) is 10.9 Å². The second-order valence-corrected chi connectivity index (χ2v) is 7.45. The van der Waals surface area contributed by atoms with E-state index in [0.29, 0.717) is 12.5 Å². The lowest BCUT2D eigenvalue weighted by atomic mass is 10.0. The van der Waals surface area contributed by atoms with Crippen molar-refractivity contribution in [2.75, 3.05) is 46.0 Å². The molecule has 0 aromatic heterocycles. The first kappa shape index (κ1) is 22.7. The third kappa shape index (κ3) is 8.59. The molecule has 0 spiro atoms. The minimum absolute atomic E-state index is 0.246. The molecule has 1 aromatic rings. The fraction of sp³-hybridized carbons (Fsp3) is 0.682. The summed E-state index contributed by atoms with van der Waals surface area (Å²) in [5, 5.41) is 16.0. The van der Waals surface area contributed by atoms with E-state index >= 15 is 0 Å². The topological polar surface area (TPSA) is 69.1 Å². The van der Waals surface area contributed by atoms with Crippen molar-refractivity contribution in [1.29, 1.82) is 0 Å². The van der Waals surface area contributed by atoms with Gasteiger partial charge >= 0.3 is 0 Å². The molecule has 0 aliphatic carbocycles. The van der Waals surface area contributed by atoms with Crippen molar-refractivity contribution in [3.05, 3.63) is 35.4 Å². The summed E-state index contributed by atoms with van der Waals surface area (Å²) in [6.45, 7) is 11.5. The third-order valence-electron chi connectivity index (χ3n) is 5.06. The largest absolute Gasteiger partial charge is 0.396 e. The van der Waals surface area contributed by atoms with Crippen LogP contribution in [0.4, 0.5) is 0 Å². The molecule has 0 bridgehead atoms. The zero-order valence-electron chi connectivity index (χ0n) is 17.6. The Balaban J connectivity index is 1.90. The first-order valence-electron chi connectivity index (χ1n) is 10.8. The highest BCUT2D eigenvalue weighted by molar-refractivity contribution is 5.79. The highest BCUT2D eigenvalue weighted by Gasteiger charge is 2.11. The third-order valence-corrected chi connectivity index (χ3v) is 5.06. The number of benzene rings is 1. The Hall–Kier alpha value is -1.63. The van der Waals surface area contributed by atoms with Crippen LogP contribution in [-0.2, 0) is 17.8 Å². The molecule has 28 heavy (non-hydrogen) atoms. The van der Waals surface area contributed by atoms with Gasteiger partial charge in [-0.1, -0.05) is 37.6 Å². The summed E-state index contributed by atoms with van der Waals surface area (Å²) in [5.41, 5.74) is 2.56. The molecule has 6 nitrogen and oxygen atoms in total. The lowest BCUT2D eigenvalue weighted by Crippen LogP contribution is -2.40. The van der Waals surface area contributed by atoms with Gasteiger partial charge in [0, 0.05) is 39.3 Å². The zero-order valence-corrected chi connectivity index (χ0v) is 17.6. The van der Waals surface area contributed by atoms with Gasteiger partial charge in [0.2, 0.25) is 0 Å². The van der Waals surface area contributed by atoms with Gasteiger partial charge in [-0.05, 0) is 36.8 Å². The number of hydrogen-bond donors (Lipinski definition) is 3. The van der Waals surface area contributed by atoms with Crippen LogP contribution in [-0.4, -0.2) is 62.0 Å². The van der Waals surface area contributed by atoms with Crippen molar-refractivity contribution >= 4 is 5.96 Å². The molecule has 158 valence electrons. The number of guanidine groups is 1. The minimum atomic E-state index is 0.246. The molecular formula is C22H38N4O2. The number of nitrogens with zero attached hydrogens (tertiary/aromatic N) is 2. The molecule has 1 aliphatic heterocycles. The lowest BCUT2D eigenvalue weighted by molar-refractivity contribution is 0.0342. The van der Waals surface area contributed by atoms with E-state index in [2.05, 4.69) is 53.6 Å². The van der Waals surface area contributed by atoms with Crippen LogP contribution in [0.15, 0.2) is 29.3 Å². The molecule has 2 rings (SSSR count). The van der Waals surface area contributed by atoms with Gasteiger partial charge in [-0.2, -0.15) is 0 Å². The molecule has 3 N–H and O–H groups in total. The van der Waals surface area contributed by atoms with Gasteiger partial charge in [0.05, 0.1) is 19.8 Å². The predicted octanol–water partition coefficient (Wildman–Crippen LogP) is 2.37. The lowest BCUT2D eigenvalue weighted by Gasteiger charge is -2.26. The van der Waals surface area contributed by atoms with Gasteiger partial charge in [0.15, 0.2) is 5.96 Å². The number of hydrogen-bond acceptors (Lipinski definition) is 4. The van der Waals surface area contributed by atoms with Gasteiger partial charge in [0.1, 0.15) is 0 Å². The van der Waals surface area contributed by atoms with E-state index in [1.54, 1.807) is 0 Å². The zero-order chi connectivity index (χ0) is 20.0. The van der Waals surface area contributed by atoms with Gasteiger partial charge in [0.25, 0.3) is 0 Å². The quantitative estimate of drug-likeness (QED) is 0.400. The number of morpholine rings is 1. The Morgan fingerprint density at radius 2 is 1.96 bits per heavy atom. The van der Waals surface area contributed by atoms with Crippen LogP contribution < -0.4 is 10.6 Å². The van der Waals surface area contributed by atoms with Crippen molar-refractivity contribution in [3.8, 4) is 0 Å². The van der Waals surface area contributed by atoms with Crippen LogP contribution in [0.5, 0.6) is 0 Å². The molecule has 1 aliphatic rings. The average molecular weight is 391 g/mol. The van der Waals surface area contributed by atoms with E-state index in [-0.39, 0.29) is 6.61 Å². The molecule has 0 saturated carbocycles. The summed E-state index contributed by atoms with van der Waals surface area (Å²) in [4.78, 5) is 7.20. The fourth-order valence-electron chi connectivity index (χ4n) is 3.54. The van der Waals surface area contributed by atoms with Crippen LogP contribution in [0.3, 0.4) is 0 Å². The second kappa shape index (κ2) is 13.5. The Kier molecular flexibility index (Phi) is 10.9. The Morgan fingerprint density at radius 3 is 2.68 bits per heavy atom. The predicted molar refractivity (Wildman–Crippen MR) is 115 cm³/mol. The van der Waals surface area contributed by atoms with Gasteiger partial charge in [-0.3, -0.25) is 4.90 Å². The number of ether oxygens (including phenoxy) is 1. The fourth-order valence-corrected chi connectivity index (χ4v) is 3.54. The normalized spacial score (nSPS) is 16.8. The maximum atomic E-state index is 9.24. The Labute approximate surface area is 170 Å². The van der Waals surface area contributed by atoms with Crippen molar-refractivity contribution < 1.29 is 9.84 Å². The average Bonchev–Trinajstić information content (AvgIpc) is 2.71. The Morgan fingerprint density at radius 1 is 1.18 bits per heavy atom. The number of nitrogens with one attached hydrogen (secondary N) is 2. The van der Waals surface area contributed by atoms with Crippen molar-refractivity contribution in [1.82, 2.24) is 15.5 Å². The summed E-state index contributed by atoms with van der Waals surface area (Å²) in [6, 6.07) is 8.71. The van der Waals surface area contributed by atoms with E-state index in [1.807, 2.05) is 0 Å². The van der Waals surface area contributed by atoms with Crippen molar-refractivity contribution in [3.63, 3.8) is 0 Å². The number of aliphatic hydroxyl groups excluding tert-OH is 1. The first-order chi connectivity index (χ1) is 13.7. The van der Waals surface area contributed by atoms with E-state index in [9.17, 15) is 5.11 Å². The number of rotatable bonds is 11. The number of aliphatic hydroxyl groups is 1. The SMILES string of the molecule is CCCC(CCO)CNC(=NCc1cccc(CN2CCOCC2)c1)NCC. The smallest absolute Gasteiger partial charge is 0.191 e. The van der Waals surface area contributed by atoms with Crippen LogP contribution in [0, 0.1) is 5.92 Å². The second-order valence-electron chi connectivity index (χ2n) is 7.45. The van der Waals surface area contributed by atoms with E-state index in [1.165, 1.54) is 11.1 Å². The van der Waals surface area contributed by atoms with Gasteiger partial charge in [-0.15, -0.1) is 0 Å². The van der Waals surface area contributed by atoms with E-state index < -0.39 is 0 Å². The van der Waals surface area contributed by atoms with E-state index in [4.69, 9.17) is 9.73 Å². The molecular weight excluding hydrogens is 352 g/mol. The summed E-state index contributed by atoms with van der Waals surface area (Å²) in [6.07, 6.45) is 3.09. The van der Waals surface area contributed by atoms with Crippen molar-refractivity contribution in [2.45, 2.75) is 46.2 Å². The highest BCUT2D eigenvalue weighted by atomic mass is 16.5. The molecule has 1 unspecified atom stereocenters. The van der Waals surface area contributed by atoms with Crippen LogP contribution >= 0.6 is 0 Å². The monoisotopic (exact) mass is 390 g/mol. The number of aliphatic imine (C=N–C) groups is 1.